The molecule has 138 valence electrons. The Bertz CT molecular complexity index is 312. The van der Waals surface area contributed by atoms with Gasteiger partial charge < -0.3 is 20.1 Å². The lowest BCUT2D eigenvalue weighted by Gasteiger charge is -2.24. The van der Waals surface area contributed by atoms with Gasteiger partial charge in [0, 0.05) is 19.8 Å². The van der Waals surface area contributed by atoms with Crippen LogP contribution in [0, 0.1) is 17.8 Å². The van der Waals surface area contributed by atoms with Gasteiger partial charge in [0.25, 0.3) is 0 Å². The minimum absolute atomic E-state index is 0.342. The Hall–Kier alpha value is -0.810. The molecule has 0 radical (unpaired) electrons. The van der Waals surface area contributed by atoms with E-state index >= 15 is 0 Å². The summed E-state index contributed by atoms with van der Waals surface area (Å²) in [7, 11) is 0. The van der Waals surface area contributed by atoms with E-state index in [0.29, 0.717) is 24.3 Å². The topological polar surface area (TPSA) is 59.6 Å². The van der Waals surface area contributed by atoms with Crippen LogP contribution in [0.2, 0.25) is 0 Å². The van der Waals surface area contributed by atoms with E-state index in [1.807, 2.05) is 20.8 Å². The minimum Gasteiger partial charge on any atom is -0.444 e. The van der Waals surface area contributed by atoms with Gasteiger partial charge in [0.15, 0.2) is 0 Å². The first-order chi connectivity index (χ1) is 10.6. The van der Waals surface area contributed by atoms with Gasteiger partial charge in [-0.3, -0.25) is 0 Å². The number of amides is 1. The minimum atomic E-state index is -0.453. The molecule has 0 rings (SSSR count). The van der Waals surface area contributed by atoms with Gasteiger partial charge in [-0.25, -0.2) is 4.79 Å². The molecule has 0 aromatic heterocycles. The third kappa shape index (κ3) is 14.5. The highest BCUT2D eigenvalue weighted by Crippen LogP contribution is 2.10. The predicted octanol–water partition coefficient (Wildman–Crippen LogP) is 3.44. The standard InChI is InChI=1S/C18H38N2O3/c1-14(2)13-22-10-8-9-19-11-16(15(3)4)12-20-17(21)23-18(5,6)7/h14-16,19H,8-13H2,1-7H3,(H,20,21). The molecule has 1 unspecified atom stereocenters. The molecule has 5 nitrogen and oxygen atoms in total. The molecule has 0 fully saturated rings. The summed E-state index contributed by atoms with van der Waals surface area (Å²) < 4.78 is 10.8. The van der Waals surface area contributed by atoms with Gasteiger partial charge in [0.05, 0.1) is 0 Å². The number of nitrogens with one attached hydrogen (secondary N) is 2. The van der Waals surface area contributed by atoms with Crippen molar-refractivity contribution < 1.29 is 14.3 Å². The molecule has 5 heteroatoms. The second-order valence-electron chi connectivity index (χ2n) is 7.91. The zero-order chi connectivity index (χ0) is 17.9. The first-order valence-electron chi connectivity index (χ1n) is 8.87. The van der Waals surface area contributed by atoms with E-state index in [1.165, 1.54) is 0 Å². The quantitative estimate of drug-likeness (QED) is 0.570. The largest absolute Gasteiger partial charge is 0.444 e. The highest BCUT2D eigenvalue weighted by Gasteiger charge is 2.18. The molecular weight excluding hydrogens is 292 g/mol. The first-order valence-corrected chi connectivity index (χ1v) is 8.87. The van der Waals surface area contributed by atoms with Crippen molar-refractivity contribution >= 4 is 6.09 Å². The average Bonchev–Trinajstić information content (AvgIpc) is 2.38. The van der Waals surface area contributed by atoms with E-state index < -0.39 is 5.60 Å². The highest BCUT2D eigenvalue weighted by atomic mass is 16.6. The van der Waals surface area contributed by atoms with Crippen LogP contribution in [0.25, 0.3) is 0 Å². The lowest BCUT2D eigenvalue weighted by atomic mass is 9.96. The number of hydrogen-bond donors (Lipinski definition) is 2. The van der Waals surface area contributed by atoms with Crippen LogP contribution in [-0.2, 0) is 9.47 Å². The van der Waals surface area contributed by atoms with Crippen LogP contribution in [-0.4, -0.2) is 44.5 Å². The maximum Gasteiger partial charge on any atom is 0.407 e. The monoisotopic (exact) mass is 330 g/mol. The lowest BCUT2D eigenvalue weighted by Crippen LogP contribution is -2.39. The smallest absolute Gasteiger partial charge is 0.407 e. The Balaban J connectivity index is 3.85. The molecular formula is C18H38N2O3. The third-order valence-corrected chi connectivity index (χ3v) is 3.35. The van der Waals surface area contributed by atoms with E-state index in [-0.39, 0.29) is 6.09 Å². The van der Waals surface area contributed by atoms with Crippen LogP contribution < -0.4 is 10.6 Å². The fraction of sp³-hybridized carbons (Fsp3) is 0.944. The zero-order valence-corrected chi connectivity index (χ0v) is 16.2. The molecule has 1 atom stereocenters. The molecule has 0 aliphatic carbocycles. The van der Waals surface area contributed by atoms with Gasteiger partial charge in [-0.2, -0.15) is 0 Å². The summed E-state index contributed by atoms with van der Waals surface area (Å²) in [6, 6.07) is 0. The highest BCUT2D eigenvalue weighted by molar-refractivity contribution is 5.67. The Labute approximate surface area is 142 Å². The normalized spacial score (nSPS) is 13.4. The molecule has 0 aliphatic heterocycles. The van der Waals surface area contributed by atoms with Gasteiger partial charge in [0.1, 0.15) is 5.60 Å². The van der Waals surface area contributed by atoms with Gasteiger partial charge in [-0.05, 0) is 58.0 Å². The van der Waals surface area contributed by atoms with Crippen LogP contribution in [0.3, 0.4) is 0 Å². The van der Waals surface area contributed by atoms with Gasteiger partial charge in [0.2, 0.25) is 0 Å². The van der Waals surface area contributed by atoms with Crippen molar-refractivity contribution in [2.75, 3.05) is 32.8 Å². The molecule has 0 spiro atoms. The summed E-state index contributed by atoms with van der Waals surface area (Å²) in [4.78, 5) is 11.7. The third-order valence-electron chi connectivity index (χ3n) is 3.35. The van der Waals surface area contributed by atoms with Crippen LogP contribution in [0.15, 0.2) is 0 Å². The molecule has 0 heterocycles. The van der Waals surface area contributed by atoms with E-state index in [4.69, 9.17) is 9.47 Å². The second kappa shape index (κ2) is 11.7. The van der Waals surface area contributed by atoms with Crippen molar-refractivity contribution in [2.45, 2.75) is 60.5 Å². The summed E-state index contributed by atoms with van der Waals surface area (Å²) in [5.74, 6) is 1.47. The molecule has 2 N–H and O–H groups in total. The van der Waals surface area contributed by atoms with Crippen LogP contribution in [0.4, 0.5) is 4.79 Å². The van der Waals surface area contributed by atoms with Crippen molar-refractivity contribution in [3.63, 3.8) is 0 Å². The van der Waals surface area contributed by atoms with Crippen molar-refractivity contribution in [1.82, 2.24) is 10.6 Å². The second-order valence-corrected chi connectivity index (χ2v) is 7.91. The van der Waals surface area contributed by atoms with E-state index in [0.717, 1.165) is 32.7 Å². The summed E-state index contributed by atoms with van der Waals surface area (Å²) in [5.41, 5.74) is -0.453. The maximum absolute atomic E-state index is 11.7. The molecule has 0 saturated heterocycles. The average molecular weight is 331 g/mol. The Morgan fingerprint density at radius 2 is 1.74 bits per heavy atom. The number of alkyl carbamates (subject to hydrolysis) is 1. The Kier molecular flexibility index (Phi) is 11.3. The van der Waals surface area contributed by atoms with E-state index in [1.54, 1.807) is 0 Å². The van der Waals surface area contributed by atoms with Gasteiger partial charge in [-0.1, -0.05) is 27.7 Å². The number of carbonyl (C=O) groups excluding carboxylic acids is 1. The molecule has 23 heavy (non-hydrogen) atoms. The molecule has 0 saturated carbocycles. The number of carbonyl (C=O) groups is 1. The number of rotatable bonds is 11. The Morgan fingerprint density at radius 1 is 1.09 bits per heavy atom. The van der Waals surface area contributed by atoms with Crippen molar-refractivity contribution in [3.05, 3.63) is 0 Å². The maximum atomic E-state index is 11.7. The van der Waals surface area contributed by atoms with Crippen molar-refractivity contribution in [3.8, 4) is 0 Å². The fourth-order valence-corrected chi connectivity index (χ4v) is 1.98. The van der Waals surface area contributed by atoms with Crippen molar-refractivity contribution in [1.29, 1.82) is 0 Å². The van der Waals surface area contributed by atoms with Crippen LogP contribution in [0.5, 0.6) is 0 Å². The molecule has 0 aromatic rings. The summed E-state index contributed by atoms with van der Waals surface area (Å²) in [6.07, 6.45) is 0.669. The summed E-state index contributed by atoms with van der Waals surface area (Å²) in [5, 5.41) is 6.32. The SMILES string of the molecule is CC(C)COCCCNCC(CNC(=O)OC(C)(C)C)C(C)C. The first kappa shape index (κ1) is 22.2. The summed E-state index contributed by atoms with van der Waals surface area (Å²) in [6.45, 7) is 18.4. The molecule has 1 amide bonds. The Morgan fingerprint density at radius 3 is 2.26 bits per heavy atom. The zero-order valence-electron chi connectivity index (χ0n) is 16.2. The number of ether oxygens (including phenoxy) is 2. The molecule has 0 aliphatic rings. The van der Waals surface area contributed by atoms with Crippen molar-refractivity contribution in [2.24, 2.45) is 17.8 Å². The van der Waals surface area contributed by atoms with Crippen LogP contribution in [0.1, 0.15) is 54.9 Å². The predicted molar refractivity (Wildman–Crippen MR) is 95.7 cm³/mol. The van der Waals surface area contributed by atoms with Crippen LogP contribution >= 0.6 is 0 Å². The fourth-order valence-electron chi connectivity index (χ4n) is 1.98. The number of hydrogen-bond acceptors (Lipinski definition) is 4. The van der Waals surface area contributed by atoms with E-state index in [9.17, 15) is 4.79 Å². The molecule has 0 aromatic carbocycles. The molecule has 0 bridgehead atoms. The lowest BCUT2D eigenvalue weighted by molar-refractivity contribution is 0.0515. The van der Waals surface area contributed by atoms with Gasteiger partial charge >= 0.3 is 6.09 Å². The van der Waals surface area contributed by atoms with E-state index in [2.05, 4.69) is 38.3 Å². The summed E-state index contributed by atoms with van der Waals surface area (Å²) >= 11 is 0. The van der Waals surface area contributed by atoms with Gasteiger partial charge in [-0.15, -0.1) is 0 Å².